The van der Waals surface area contributed by atoms with E-state index in [2.05, 4.69) is 30.2 Å². The van der Waals surface area contributed by atoms with Crippen LogP contribution in [0, 0.1) is 0 Å². The average Bonchev–Trinajstić information content (AvgIpc) is 3.10. The number of H-pyrrole nitrogens is 1. The Labute approximate surface area is 144 Å². The largest absolute Gasteiger partial charge is 0.481 e. The molecular formula is C18H16N6O. The number of benzene rings is 1. The fourth-order valence-corrected chi connectivity index (χ4v) is 2.49. The molecule has 4 aromatic rings. The van der Waals surface area contributed by atoms with E-state index in [0.717, 1.165) is 28.2 Å². The third-order valence-corrected chi connectivity index (χ3v) is 3.73. The van der Waals surface area contributed by atoms with E-state index in [1.165, 1.54) is 0 Å². The highest BCUT2D eigenvalue weighted by molar-refractivity contribution is 5.74. The Balaban J connectivity index is 1.50. The lowest BCUT2D eigenvalue weighted by Gasteiger charge is -2.06. The highest BCUT2D eigenvalue weighted by atomic mass is 16.5. The van der Waals surface area contributed by atoms with Gasteiger partial charge < -0.3 is 15.0 Å². The van der Waals surface area contributed by atoms with Gasteiger partial charge in [-0.25, -0.2) is 19.9 Å². The minimum absolute atomic E-state index is 0.548. The maximum Gasteiger partial charge on any atom is 0.212 e. The van der Waals surface area contributed by atoms with Crippen molar-refractivity contribution in [3.05, 3.63) is 60.7 Å². The van der Waals surface area contributed by atoms with Crippen LogP contribution >= 0.6 is 0 Å². The quantitative estimate of drug-likeness (QED) is 0.584. The molecule has 7 nitrogen and oxygen atoms in total. The summed E-state index contributed by atoms with van der Waals surface area (Å²) in [5, 5.41) is 3.26. The first kappa shape index (κ1) is 15.1. The van der Waals surface area contributed by atoms with Crippen molar-refractivity contribution in [1.29, 1.82) is 0 Å². The van der Waals surface area contributed by atoms with Crippen LogP contribution in [-0.2, 0) is 6.54 Å². The Kier molecular flexibility index (Phi) is 3.96. The fraction of sp³-hybridized carbons (Fsp3) is 0.111. The number of imidazole rings is 1. The van der Waals surface area contributed by atoms with Gasteiger partial charge in [-0.3, -0.25) is 0 Å². The monoisotopic (exact) mass is 332 g/mol. The summed E-state index contributed by atoms with van der Waals surface area (Å²) in [6.07, 6.45) is 3.41. The molecule has 0 aliphatic heterocycles. The third-order valence-electron chi connectivity index (χ3n) is 3.73. The summed E-state index contributed by atoms with van der Waals surface area (Å²) in [5.74, 6) is 2.74. The molecule has 0 amide bonds. The molecule has 7 heteroatoms. The first-order valence-corrected chi connectivity index (χ1v) is 7.83. The second-order valence-electron chi connectivity index (χ2n) is 5.41. The Bertz CT molecular complexity index is 963. The van der Waals surface area contributed by atoms with Crippen molar-refractivity contribution >= 4 is 16.9 Å². The van der Waals surface area contributed by atoms with Gasteiger partial charge in [0.05, 0.1) is 24.7 Å². The molecule has 0 spiro atoms. The third kappa shape index (κ3) is 3.25. The zero-order chi connectivity index (χ0) is 17.1. The van der Waals surface area contributed by atoms with Gasteiger partial charge in [-0.05, 0) is 24.3 Å². The van der Waals surface area contributed by atoms with Crippen molar-refractivity contribution in [3.8, 4) is 17.3 Å². The zero-order valence-corrected chi connectivity index (χ0v) is 13.6. The Morgan fingerprint density at radius 3 is 2.76 bits per heavy atom. The van der Waals surface area contributed by atoms with Crippen LogP contribution in [0.2, 0.25) is 0 Å². The number of rotatable bonds is 5. The number of aromatic amines is 1. The van der Waals surface area contributed by atoms with Gasteiger partial charge >= 0.3 is 0 Å². The fourth-order valence-electron chi connectivity index (χ4n) is 2.49. The number of anilines is 1. The van der Waals surface area contributed by atoms with Gasteiger partial charge in [-0.2, -0.15) is 0 Å². The molecule has 0 radical (unpaired) electrons. The lowest BCUT2D eigenvalue weighted by molar-refractivity contribution is 0.398. The number of fused-ring (bicyclic) bond motifs is 1. The van der Waals surface area contributed by atoms with Crippen LogP contribution in [0.25, 0.3) is 22.4 Å². The standard InChI is InChI=1S/C18H16N6O/c1-25-17-7-6-12(10-21-17)18-19-9-8-15(24-18)20-11-16-22-13-4-2-3-5-14(13)23-16/h2-10H,11H2,1H3,(H,22,23)(H,19,20,24). The summed E-state index contributed by atoms with van der Waals surface area (Å²) < 4.78 is 5.07. The Hall–Kier alpha value is -3.48. The number of methoxy groups -OCH3 is 1. The van der Waals surface area contributed by atoms with Gasteiger partial charge in [0, 0.05) is 24.0 Å². The molecular weight excluding hydrogens is 316 g/mol. The highest BCUT2D eigenvalue weighted by Crippen LogP contribution is 2.18. The van der Waals surface area contributed by atoms with E-state index in [-0.39, 0.29) is 0 Å². The van der Waals surface area contributed by atoms with E-state index in [4.69, 9.17) is 4.74 Å². The van der Waals surface area contributed by atoms with E-state index in [9.17, 15) is 0 Å². The molecule has 124 valence electrons. The first-order valence-electron chi connectivity index (χ1n) is 7.83. The molecule has 25 heavy (non-hydrogen) atoms. The molecule has 2 N–H and O–H groups in total. The van der Waals surface area contributed by atoms with E-state index in [1.54, 1.807) is 25.6 Å². The SMILES string of the molecule is COc1ccc(-c2nccc(NCc3nc4ccccc4[nH]3)n2)cn1. The van der Waals surface area contributed by atoms with Gasteiger partial charge in [-0.15, -0.1) is 0 Å². The van der Waals surface area contributed by atoms with Crippen LogP contribution in [0.3, 0.4) is 0 Å². The van der Waals surface area contributed by atoms with Gasteiger partial charge in [0.1, 0.15) is 11.6 Å². The van der Waals surface area contributed by atoms with Gasteiger partial charge in [-0.1, -0.05) is 12.1 Å². The average molecular weight is 332 g/mol. The van der Waals surface area contributed by atoms with Gasteiger partial charge in [0.15, 0.2) is 5.82 Å². The lowest BCUT2D eigenvalue weighted by atomic mass is 10.2. The van der Waals surface area contributed by atoms with Crippen molar-refractivity contribution in [2.24, 2.45) is 0 Å². The molecule has 0 saturated heterocycles. The second-order valence-corrected chi connectivity index (χ2v) is 5.41. The molecule has 0 bridgehead atoms. The Morgan fingerprint density at radius 1 is 1.04 bits per heavy atom. The van der Waals surface area contributed by atoms with E-state index < -0.39 is 0 Å². The van der Waals surface area contributed by atoms with Crippen molar-refractivity contribution in [2.75, 3.05) is 12.4 Å². The predicted octanol–water partition coefficient (Wildman–Crippen LogP) is 3.04. The molecule has 0 aliphatic rings. The smallest absolute Gasteiger partial charge is 0.212 e. The summed E-state index contributed by atoms with van der Waals surface area (Å²) in [7, 11) is 1.58. The number of nitrogens with one attached hydrogen (secondary N) is 2. The number of hydrogen-bond donors (Lipinski definition) is 2. The van der Waals surface area contributed by atoms with Crippen molar-refractivity contribution < 1.29 is 4.74 Å². The van der Waals surface area contributed by atoms with Crippen LogP contribution in [0.15, 0.2) is 54.9 Å². The number of aromatic nitrogens is 5. The molecule has 3 aromatic heterocycles. The molecule has 0 atom stereocenters. The number of hydrogen-bond acceptors (Lipinski definition) is 6. The number of pyridine rings is 1. The van der Waals surface area contributed by atoms with E-state index in [1.807, 2.05) is 36.4 Å². The number of para-hydroxylation sites is 2. The molecule has 4 rings (SSSR count). The van der Waals surface area contributed by atoms with Crippen LogP contribution in [0.5, 0.6) is 5.88 Å². The highest BCUT2D eigenvalue weighted by Gasteiger charge is 2.06. The molecule has 0 saturated carbocycles. The van der Waals surface area contributed by atoms with Crippen LogP contribution < -0.4 is 10.1 Å². The lowest BCUT2D eigenvalue weighted by Crippen LogP contribution is -2.04. The van der Waals surface area contributed by atoms with E-state index in [0.29, 0.717) is 18.2 Å². The number of ether oxygens (including phenoxy) is 1. The normalized spacial score (nSPS) is 10.8. The molecule has 0 unspecified atom stereocenters. The topological polar surface area (TPSA) is 88.6 Å². The summed E-state index contributed by atoms with van der Waals surface area (Å²) in [6.45, 7) is 0.548. The summed E-state index contributed by atoms with van der Waals surface area (Å²) >= 11 is 0. The van der Waals surface area contributed by atoms with E-state index >= 15 is 0 Å². The van der Waals surface area contributed by atoms with Gasteiger partial charge in [0.25, 0.3) is 0 Å². The maximum absolute atomic E-state index is 5.07. The second kappa shape index (κ2) is 6.56. The number of nitrogens with zero attached hydrogens (tertiary/aromatic N) is 4. The van der Waals surface area contributed by atoms with Crippen molar-refractivity contribution in [1.82, 2.24) is 24.9 Å². The summed E-state index contributed by atoms with van der Waals surface area (Å²) in [4.78, 5) is 20.8. The minimum Gasteiger partial charge on any atom is -0.481 e. The van der Waals surface area contributed by atoms with Gasteiger partial charge in [0.2, 0.25) is 5.88 Å². The van der Waals surface area contributed by atoms with Crippen LogP contribution in [0.4, 0.5) is 5.82 Å². The van der Waals surface area contributed by atoms with Crippen LogP contribution in [-0.4, -0.2) is 32.0 Å². The summed E-state index contributed by atoms with van der Waals surface area (Å²) in [6, 6.07) is 13.4. The maximum atomic E-state index is 5.07. The van der Waals surface area contributed by atoms with Crippen molar-refractivity contribution in [2.45, 2.75) is 6.54 Å². The summed E-state index contributed by atoms with van der Waals surface area (Å²) in [5.41, 5.74) is 2.80. The molecule has 3 heterocycles. The minimum atomic E-state index is 0.548. The molecule has 1 aromatic carbocycles. The predicted molar refractivity (Wildman–Crippen MR) is 95.2 cm³/mol. The zero-order valence-electron chi connectivity index (χ0n) is 13.6. The van der Waals surface area contributed by atoms with Crippen LogP contribution in [0.1, 0.15) is 5.82 Å². The molecule has 0 aliphatic carbocycles. The van der Waals surface area contributed by atoms with Crippen molar-refractivity contribution in [3.63, 3.8) is 0 Å². The Morgan fingerprint density at radius 2 is 1.96 bits per heavy atom. The first-order chi connectivity index (χ1) is 12.3. The molecule has 0 fully saturated rings.